The number of carbonyl (C=O) groups is 2. The van der Waals surface area contributed by atoms with Crippen LogP contribution in [0.1, 0.15) is 39.0 Å². The first-order valence-corrected chi connectivity index (χ1v) is 6.74. The summed E-state index contributed by atoms with van der Waals surface area (Å²) in [6.07, 6.45) is 3.20. The summed E-state index contributed by atoms with van der Waals surface area (Å²) in [7, 11) is 1.80. The van der Waals surface area contributed by atoms with Gasteiger partial charge in [-0.3, -0.25) is 9.59 Å². The zero-order chi connectivity index (χ0) is 13.5. The molecule has 5 nitrogen and oxygen atoms in total. The van der Waals surface area contributed by atoms with Gasteiger partial charge in [-0.2, -0.15) is 0 Å². The molecule has 0 aromatic carbocycles. The lowest BCUT2D eigenvalue weighted by molar-refractivity contribution is -0.141. The predicted molar refractivity (Wildman–Crippen MR) is 69.4 cm³/mol. The molecule has 104 valence electrons. The number of carboxylic acids is 1. The maximum Gasteiger partial charge on any atom is 0.303 e. The third-order valence-corrected chi connectivity index (χ3v) is 3.59. The monoisotopic (exact) mass is 256 g/mol. The lowest BCUT2D eigenvalue weighted by Gasteiger charge is -2.36. The third-order valence-electron chi connectivity index (χ3n) is 3.59. The third kappa shape index (κ3) is 4.64. The number of hydrogen-bond donors (Lipinski definition) is 1. The molecule has 18 heavy (non-hydrogen) atoms. The smallest absolute Gasteiger partial charge is 0.303 e. The number of aliphatic carboxylic acids is 1. The molecular formula is C13H24N2O3. The van der Waals surface area contributed by atoms with Crippen molar-refractivity contribution in [3.63, 3.8) is 0 Å². The van der Waals surface area contributed by atoms with Crippen LogP contribution < -0.4 is 0 Å². The van der Waals surface area contributed by atoms with Gasteiger partial charge in [-0.25, -0.2) is 0 Å². The molecule has 5 heteroatoms. The molecule has 0 saturated carbocycles. The standard InChI is InChI=1S/C13H24N2O3/c1-3-8-15-9-6-11(7-10-15)14(2)12(16)4-5-13(17)18/h11H,3-10H2,1-2H3,(H,17,18). The van der Waals surface area contributed by atoms with Crippen LogP contribution in [-0.2, 0) is 9.59 Å². The van der Waals surface area contributed by atoms with Crippen molar-refractivity contribution >= 4 is 11.9 Å². The first-order valence-electron chi connectivity index (χ1n) is 6.74. The predicted octanol–water partition coefficient (Wildman–Crippen LogP) is 1.18. The molecule has 0 bridgehead atoms. The van der Waals surface area contributed by atoms with Gasteiger partial charge in [0.1, 0.15) is 0 Å². The Kier molecular flexibility index (Phi) is 6.12. The van der Waals surface area contributed by atoms with E-state index >= 15 is 0 Å². The van der Waals surface area contributed by atoms with E-state index in [9.17, 15) is 9.59 Å². The van der Waals surface area contributed by atoms with Gasteiger partial charge in [-0.1, -0.05) is 6.92 Å². The lowest BCUT2D eigenvalue weighted by Crippen LogP contribution is -2.45. The molecule has 0 atom stereocenters. The van der Waals surface area contributed by atoms with Gasteiger partial charge in [0.15, 0.2) is 0 Å². The largest absolute Gasteiger partial charge is 0.481 e. The molecule has 1 amide bonds. The Morgan fingerprint density at radius 1 is 1.28 bits per heavy atom. The minimum absolute atomic E-state index is 0.0497. The van der Waals surface area contributed by atoms with Crippen molar-refractivity contribution in [1.29, 1.82) is 0 Å². The zero-order valence-corrected chi connectivity index (χ0v) is 11.4. The average Bonchev–Trinajstić information content (AvgIpc) is 2.36. The summed E-state index contributed by atoms with van der Waals surface area (Å²) in [5.74, 6) is -0.958. The molecule has 0 radical (unpaired) electrons. The maximum absolute atomic E-state index is 11.8. The molecule has 1 rings (SSSR count). The van der Waals surface area contributed by atoms with E-state index in [0.29, 0.717) is 0 Å². The molecule has 1 aliphatic rings. The van der Waals surface area contributed by atoms with E-state index in [1.165, 1.54) is 0 Å². The molecule has 1 aliphatic heterocycles. The molecule has 0 aromatic rings. The number of piperidine rings is 1. The fourth-order valence-corrected chi connectivity index (χ4v) is 2.44. The van der Waals surface area contributed by atoms with E-state index < -0.39 is 5.97 Å². The summed E-state index contributed by atoms with van der Waals surface area (Å²) >= 11 is 0. The van der Waals surface area contributed by atoms with E-state index in [1.807, 2.05) is 0 Å². The van der Waals surface area contributed by atoms with E-state index in [1.54, 1.807) is 11.9 Å². The molecule has 1 saturated heterocycles. The molecule has 1 fully saturated rings. The van der Waals surface area contributed by atoms with Crippen molar-refractivity contribution in [3.05, 3.63) is 0 Å². The van der Waals surface area contributed by atoms with Crippen LogP contribution in [0.3, 0.4) is 0 Å². The summed E-state index contributed by atoms with van der Waals surface area (Å²) in [6.45, 7) is 5.38. The Labute approximate surface area is 109 Å². The molecule has 0 aliphatic carbocycles. The zero-order valence-electron chi connectivity index (χ0n) is 11.4. The Balaban J connectivity index is 2.32. The summed E-state index contributed by atoms with van der Waals surface area (Å²) in [5.41, 5.74) is 0. The highest BCUT2D eigenvalue weighted by Crippen LogP contribution is 2.16. The quantitative estimate of drug-likeness (QED) is 0.775. The second-order valence-electron chi connectivity index (χ2n) is 4.97. The van der Waals surface area contributed by atoms with Crippen molar-refractivity contribution in [2.45, 2.75) is 45.1 Å². The molecule has 1 heterocycles. The van der Waals surface area contributed by atoms with Crippen LogP contribution in [0.5, 0.6) is 0 Å². The number of likely N-dealkylation sites (tertiary alicyclic amines) is 1. The Bertz CT molecular complexity index is 286. The Morgan fingerprint density at radius 3 is 2.39 bits per heavy atom. The molecular weight excluding hydrogens is 232 g/mol. The van der Waals surface area contributed by atoms with E-state index in [-0.39, 0.29) is 24.8 Å². The molecule has 0 unspecified atom stereocenters. The number of nitrogens with zero attached hydrogens (tertiary/aromatic N) is 2. The van der Waals surface area contributed by atoms with Gasteiger partial charge in [-0.05, 0) is 25.8 Å². The van der Waals surface area contributed by atoms with Crippen LogP contribution in [0.25, 0.3) is 0 Å². The van der Waals surface area contributed by atoms with Crippen molar-refractivity contribution < 1.29 is 14.7 Å². The van der Waals surface area contributed by atoms with Gasteiger partial charge in [0.2, 0.25) is 5.91 Å². The van der Waals surface area contributed by atoms with Crippen LogP contribution in [0.2, 0.25) is 0 Å². The van der Waals surface area contributed by atoms with Crippen molar-refractivity contribution in [1.82, 2.24) is 9.80 Å². The second kappa shape index (κ2) is 7.36. The fourth-order valence-electron chi connectivity index (χ4n) is 2.44. The Hall–Kier alpha value is -1.10. The number of hydrogen-bond acceptors (Lipinski definition) is 3. The van der Waals surface area contributed by atoms with Crippen molar-refractivity contribution in [2.24, 2.45) is 0 Å². The molecule has 0 spiro atoms. The van der Waals surface area contributed by atoms with Crippen LogP contribution >= 0.6 is 0 Å². The van der Waals surface area contributed by atoms with Gasteiger partial charge in [0.05, 0.1) is 6.42 Å². The normalized spacial score (nSPS) is 17.7. The van der Waals surface area contributed by atoms with E-state index in [2.05, 4.69) is 11.8 Å². The SMILES string of the molecule is CCCN1CCC(N(C)C(=O)CCC(=O)O)CC1. The van der Waals surface area contributed by atoms with Gasteiger partial charge in [-0.15, -0.1) is 0 Å². The van der Waals surface area contributed by atoms with E-state index in [4.69, 9.17) is 5.11 Å². The minimum atomic E-state index is -0.908. The summed E-state index contributed by atoms with van der Waals surface area (Å²) in [4.78, 5) is 26.4. The second-order valence-corrected chi connectivity index (χ2v) is 4.97. The number of carboxylic acid groups (broad SMARTS) is 1. The first kappa shape index (κ1) is 15.0. The Morgan fingerprint density at radius 2 is 1.89 bits per heavy atom. The van der Waals surface area contributed by atoms with Gasteiger partial charge in [0.25, 0.3) is 0 Å². The lowest BCUT2D eigenvalue weighted by atomic mass is 10.0. The molecule has 0 aromatic heterocycles. The van der Waals surface area contributed by atoms with Crippen LogP contribution in [0.15, 0.2) is 0 Å². The average molecular weight is 256 g/mol. The minimum Gasteiger partial charge on any atom is -0.481 e. The summed E-state index contributed by atoms with van der Waals surface area (Å²) in [6, 6.07) is 0.277. The highest BCUT2D eigenvalue weighted by Gasteiger charge is 2.24. The van der Waals surface area contributed by atoms with Crippen LogP contribution in [0.4, 0.5) is 0 Å². The maximum atomic E-state index is 11.8. The first-order chi connectivity index (χ1) is 8.54. The summed E-state index contributed by atoms with van der Waals surface area (Å²) < 4.78 is 0. The topological polar surface area (TPSA) is 60.9 Å². The molecule has 1 N–H and O–H groups in total. The van der Waals surface area contributed by atoms with Crippen molar-refractivity contribution in [2.75, 3.05) is 26.7 Å². The number of rotatable bonds is 6. The summed E-state index contributed by atoms with van der Waals surface area (Å²) in [5, 5.41) is 8.57. The van der Waals surface area contributed by atoms with Crippen LogP contribution in [0, 0.1) is 0 Å². The van der Waals surface area contributed by atoms with Crippen LogP contribution in [-0.4, -0.2) is 59.5 Å². The van der Waals surface area contributed by atoms with E-state index in [0.717, 1.165) is 38.9 Å². The van der Waals surface area contributed by atoms with Gasteiger partial charge >= 0.3 is 5.97 Å². The highest BCUT2D eigenvalue weighted by atomic mass is 16.4. The van der Waals surface area contributed by atoms with Gasteiger partial charge in [0, 0.05) is 32.6 Å². The number of carbonyl (C=O) groups excluding carboxylic acids is 1. The van der Waals surface area contributed by atoms with Crippen molar-refractivity contribution in [3.8, 4) is 0 Å². The highest BCUT2D eigenvalue weighted by molar-refractivity contribution is 5.80. The fraction of sp³-hybridized carbons (Fsp3) is 0.846. The number of amides is 1. The van der Waals surface area contributed by atoms with Gasteiger partial charge < -0.3 is 14.9 Å².